The maximum Gasteiger partial charge on any atom is 0.268 e. The van der Waals surface area contributed by atoms with Gasteiger partial charge in [0.15, 0.2) is 0 Å². The van der Waals surface area contributed by atoms with Crippen LogP contribution in [0, 0.1) is 18.3 Å². The molecule has 3 amide bonds. The summed E-state index contributed by atoms with van der Waals surface area (Å²) in [5.74, 6) is 2.01. The Morgan fingerprint density at radius 1 is 1.29 bits per heavy atom. The second kappa shape index (κ2) is 10.7. The number of benzene rings is 1. The van der Waals surface area contributed by atoms with Crippen LogP contribution in [0.1, 0.15) is 28.9 Å². The van der Waals surface area contributed by atoms with Crippen LogP contribution < -0.4 is 20.7 Å². The fourth-order valence-electron chi connectivity index (χ4n) is 4.22. The number of ether oxygens (including phenoxy) is 1. The molecule has 0 radical (unpaired) electrons. The summed E-state index contributed by atoms with van der Waals surface area (Å²) in [5.41, 5.74) is 1.81. The van der Waals surface area contributed by atoms with Gasteiger partial charge in [-0.25, -0.2) is 0 Å². The van der Waals surface area contributed by atoms with Gasteiger partial charge in [0.25, 0.3) is 5.91 Å². The normalized spacial score (nSPS) is 16.7. The Bertz CT molecular complexity index is 1260. The number of carbonyl (C=O) groups is 3. The molecule has 1 aliphatic rings. The van der Waals surface area contributed by atoms with Crippen LogP contribution in [-0.4, -0.2) is 53.4 Å². The number of hydrogen-bond donors (Lipinski definition) is 4. The Hall–Kier alpha value is -4.32. The van der Waals surface area contributed by atoms with Gasteiger partial charge in [-0.3, -0.25) is 19.4 Å². The fourth-order valence-corrected chi connectivity index (χ4v) is 4.22. The number of aromatic nitrogens is 2. The van der Waals surface area contributed by atoms with Crippen molar-refractivity contribution in [3.8, 4) is 18.1 Å². The van der Waals surface area contributed by atoms with Crippen LogP contribution in [-0.2, 0) is 16.0 Å². The topological polar surface area (TPSA) is 125 Å². The van der Waals surface area contributed by atoms with Crippen molar-refractivity contribution in [1.29, 1.82) is 0 Å². The van der Waals surface area contributed by atoms with Crippen LogP contribution in [0.5, 0.6) is 5.75 Å². The number of methoxy groups -OCH3 is 1. The standard InChI is InChI=1S/C26H27N5O4/c1-3-18(13-17-9-11-28-24(17)32)29-25(33)21(12-16-6-5-10-27-15-16)31-26(34)22-14-19-20(30-22)7-4-8-23(19)35-2/h1,4-8,10,14-15,17-18,21,30H,9,11-13H2,2H3,(H,28,32)(H,29,33)(H,31,34)/t17-,18+,21-/m0/s1. The van der Waals surface area contributed by atoms with Crippen LogP contribution in [0.2, 0.25) is 0 Å². The molecule has 4 rings (SSSR count). The lowest BCUT2D eigenvalue weighted by Crippen LogP contribution is -2.51. The molecule has 2 aromatic heterocycles. The van der Waals surface area contributed by atoms with Gasteiger partial charge in [0.2, 0.25) is 11.8 Å². The van der Waals surface area contributed by atoms with Gasteiger partial charge in [0.05, 0.1) is 13.2 Å². The van der Waals surface area contributed by atoms with E-state index in [1.165, 1.54) is 0 Å². The van der Waals surface area contributed by atoms with Gasteiger partial charge >= 0.3 is 0 Å². The molecule has 180 valence electrons. The molecule has 0 saturated carbocycles. The van der Waals surface area contributed by atoms with Crippen LogP contribution in [0.15, 0.2) is 48.8 Å². The second-order valence-corrected chi connectivity index (χ2v) is 8.44. The van der Waals surface area contributed by atoms with Gasteiger partial charge in [0.1, 0.15) is 17.5 Å². The Kier molecular flexibility index (Phi) is 7.31. The summed E-state index contributed by atoms with van der Waals surface area (Å²) in [7, 11) is 1.56. The van der Waals surface area contributed by atoms with Gasteiger partial charge in [0, 0.05) is 42.2 Å². The van der Waals surface area contributed by atoms with E-state index in [2.05, 4.69) is 31.8 Å². The first kappa shape index (κ1) is 23.8. The Balaban J connectivity index is 1.52. The summed E-state index contributed by atoms with van der Waals surface area (Å²) in [6, 6.07) is 9.20. The maximum absolute atomic E-state index is 13.2. The number of nitrogens with one attached hydrogen (secondary N) is 4. The molecular formula is C26H27N5O4. The van der Waals surface area contributed by atoms with Crippen LogP contribution >= 0.6 is 0 Å². The number of terminal acetylenes is 1. The number of rotatable bonds is 9. The molecule has 9 heteroatoms. The number of amides is 3. The third-order valence-electron chi connectivity index (χ3n) is 6.07. The lowest BCUT2D eigenvalue weighted by Gasteiger charge is -2.22. The Morgan fingerprint density at radius 3 is 2.83 bits per heavy atom. The van der Waals surface area contributed by atoms with Crippen LogP contribution in [0.3, 0.4) is 0 Å². The van der Waals surface area contributed by atoms with Crippen molar-refractivity contribution in [3.05, 3.63) is 60.0 Å². The van der Waals surface area contributed by atoms with Crippen molar-refractivity contribution < 1.29 is 19.1 Å². The molecule has 9 nitrogen and oxygen atoms in total. The van der Waals surface area contributed by atoms with E-state index in [9.17, 15) is 14.4 Å². The van der Waals surface area contributed by atoms with Gasteiger partial charge in [-0.1, -0.05) is 18.1 Å². The van der Waals surface area contributed by atoms with Gasteiger partial charge < -0.3 is 25.7 Å². The summed E-state index contributed by atoms with van der Waals surface area (Å²) < 4.78 is 5.37. The van der Waals surface area contributed by atoms with Gasteiger partial charge in [-0.2, -0.15) is 0 Å². The third-order valence-corrected chi connectivity index (χ3v) is 6.07. The molecule has 35 heavy (non-hydrogen) atoms. The number of fused-ring (bicyclic) bond motifs is 1. The van der Waals surface area contributed by atoms with E-state index in [1.54, 1.807) is 37.7 Å². The minimum absolute atomic E-state index is 0.0612. The smallest absolute Gasteiger partial charge is 0.268 e. The van der Waals surface area contributed by atoms with Crippen molar-refractivity contribution >= 4 is 28.6 Å². The predicted molar refractivity (Wildman–Crippen MR) is 131 cm³/mol. The summed E-state index contributed by atoms with van der Waals surface area (Å²) in [6.45, 7) is 0.601. The van der Waals surface area contributed by atoms with E-state index in [0.29, 0.717) is 30.8 Å². The van der Waals surface area contributed by atoms with E-state index in [1.807, 2.05) is 18.2 Å². The lowest BCUT2D eigenvalue weighted by molar-refractivity contribution is -0.125. The molecular weight excluding hydrogens is 446 g/mol. The van der Waals surface area contributed by atoms with Crippen molar-refractivity contribution in [3.63, 3.8) is 0 Å². The third kappa shape index (κ3) is 5.61. The summed E-state index contributed by atoms with van der Waals surface area (Å²) in [6.07, 6.45) is 10.2. The van der Waals surface area contributed by atoms with Gasteiger partial charge in [-0.05, 0) is 42.7 Å². The first-order chi connectivity index (χ1) is 17.0. The van der Waals surface area contributed by atoms with Crippen molar-refractivity contribution in [2.45, 2.75) is 31.3 Å². The van der Waals surface area contributed by atoms with E-state index >= 15 is 0 Å². The molecule has 4 N–H and O–H groups in total. The number of hydrogen-bond acceptors (Lipinski definition) is 5. The van der Waals surface area contributed by atoms with E-state index < -0.39 is 23.9 Å². The zero-order valence-electron chi connectivity index (χ0n) is 19.3. The quantitative estimate of drug-likeness (QED) is 0.351. The Morgan fingerprint density at radius 2 is 2.14 bits per heavy atom. The average Bonchev–Trinajstić information content (AvgIpc) is 3.49. The highest BCUT2D eigenvalue weighted by atomic mass is 16.5. The number of H-pyrrole nitrogens is 1. The van der Waals surface area contributed by atoms with Crippen molar-refractivity contribution in [2.24, 2.45) is 5.92 Å². The minimum Gasteiger partial charge on any atom is -0.496 e. The predicted octanol–water partition coefficient (Wildman–Crippen LogP) is 1.56. The molecule has 0 aliphatic carbocycles. The molecule has 1 fully saturated rings. The summed E-state index contributed by atoms with van der Waals surface area (Å²) in [4.78, 5) is 45.5. The number of pyridine rings is 1. The Labute approximate surface area is 203 Å². The van der Waals surface area contributed by atoms with Gasteiger partial charge in [-0.15, -0.1) is 6.42 Å². The summed E-state index contributed by atoms with van der Waals surface area (Å²) in [5, 5.41) is 9.16. The van der Waals surface area contributed by atoms with Crippen molar-refractivity contribution in [1.82, 2.24) is 25.9 Å². The molecule has 0 bridgehead atoms. The highest BCUT2D eigenvalue weighted by Gasteiger charge is 2.29. The average molecular weight is 474 g/mol. The molecule has 3 aromatic rings. The molecule has 0 unspecified atom stereocenters. The number of nitrogens with zero attached hydrogens (tertiary/aromatic N) is 1. The van der Waals surface area contributed by atoms with E-state index in [4.69, 9.17) is 11.2 Å². The molecule has 1 aromatic carbocycles. The van der Waals surface area contributed by atoms with Crippen LogP contribution in [0.4, 0.5) is 0 Å². The van der Waals surface area contributed by atoms with E-state index in [0.717, 1.165) is 16.5 Å². The molecule has 0 spiro atoms. The largest absolute Gasteiger partial charge is 0.496 e. The monoisotopic (exact) mass is 473 g/mol. The molecule has 1 saturated heterocycles. The zero-order valence-corrected chi connectivity index (χ0v) is 19.3. The molecule has 3 heterocycles. The second-order valence-electron chi connectivity index (χ2n) is 8.44. The fraction of sp³-hybridized carbons (Fsp3) is 0.308. The lowest BCUT2D eigenvalue weighted by atomic mass is 9.98. The first-order valence-corrected chi connectivity index (χ1v) is 11.4. The zero-order chi connectivity index (χ0) is 24.8. The maximum atomic E-state index is 13.2. The highest BCUT2D eigenvalue weighted by Crippen LogP contribution is 2.26. The van der Waals surface area contributed by atoms with E-state index in [-0.39, 0.29) is 18.2 Å². The van der Waals surface area contributed by atoms with Crippen molar-refractivity contribution in [2.75, 3.05) is 13.7 Å². The number of aromatic amines is 1. The molecule has 3 atom stereocenters. The number of carbonyl (C=O) groups excluding carboxylic acids is 3. The first-order valence-electron chi connectivity index (χ1n) is 11.4. The summed E-state index contributed by atoms with van der Waals surface area (Å²) >= 11 is 0. The highest BCUT2D eigenvalue weighted by molar-refractivity contribution is 6.01. The minimum atomic E-state index is -0.909. The van der Waals surface area contributed by atoms with Crippen LogP contribution in [0.25, 0.3) is 10.9 Å². The SMILES string of the molecule is C#C[C@H](C[C@@H]1CCNC1=O)NC(=O)[C@H](Cc1cccnc1)NC(=O)c1cc2c(OC)cccc2[nH]1. The molecule has 1 aliphatic heterocycles.